The molecule has 2 N–H and O–H groups in total. The van der Waals surface area contributed by atoms with Crippen molar-refractivity contribution in [3.05, 3.63) is 52.1 Å². The minimum atomic E-state index is 0.681. The molecule has 0 fully saturated rings. The third kappa shape index (κ3) is 2.82. The molecule has 0 aliphatic rings. The molecule has 94 valence electrons. The van der Waals surface area contributed by atoms with Crippen LogP contribution < -0.4 is 10.6 Å². The van der Waals surface area contributed by atoms with Crippen LogP contribution in [0.15, 0.2) is 41.0 Å². The van der Waals surface area contributed by atoms with Crippen molar-refractivity contribution in [2.75, 3.05) is 17.7 Å². The zero-order chi connectivity index (χ0) is 13.1. The molecular weight excluding hydrogens is 290 g/mol. The monoisotopic (exact) mass is 305 g/mol. The Morgan fingerprint density at radius 1 is 1.33 bits per heavy atom. The predicted octanol–water partition coefficient (Wildman–Crippen LogP) is 3.37. The normalized spacial score (nSPS) is 10.4. The average Bonchev–Trinajstić information content (AvgIpc) is 2.32. The maximum absolute atomic E-state index is 5.98. The van der Waals surface area contributed by atoms with Gasteiger partial charge < -0.3 is 10.6 Å². The maximum Gasteiger partial charge on any atom is 0.151 e. The molecule has 0 aliphatic carbocycles. The van der Waals surface area contributed by atoms with E-state index in [1.165, 1.54) is 11.1 Å². The summed E-state index contributed by atoms with van der Waals surface area (Å²) in [7, 11) is 2.00. The average molecular weight is 306 g/mol. The number of aryl methyl sites for hydroxylation is 1. The van der Waals surface area contributed by atoms with Crippen LogP contribution >= 0.6 is 15.9 Å². The molecule has 4 heteroatoms. The van der Waals surface area contributed by atoms with Crippen LogP contribution in [0.2, 0.25) is 0 Å². The van der Waals surface area contributed by atoms with Crippen molar-refractivity contribution < 1.29 is 0 Å². The molecule has 2 rings (SSSR count). The van der Waals surface area contributed by atoms with Crippen molar-refractivity contribution in [1.29, 1.82) is 0 Å². The minimum absolute atomic E-state index is 0.681. The van der Waals surface area contributed by atoms with Gasteiger partial charge in [0.15, 0.2) is 5.82 Å². The number of aromatic nitrogens is 1. The fourth-order valence-electron chi connectivity index (χ4n) is 1.88. The third-order valence-corrected chi connectivity index (χ3v) is 3.33. The summed E-state index contributed by atoms with van der Waals surface area (Å²) in [5, 5.41) is 0. The van der Waals surface area contributed by atoms with Crippen molar-refractivity contribution >= 4 is 27.4 Å². The van der Waals surface area contributed by atoms with E-state index in [9.17, 15) is 0 Å². The van der Waals surface area contributed by atoms with Crippen LogP contribution in [0, 0.1) is 6.92 Å². The summed E-state index contributed by atoms with van der Waals surface area (Å²) in [6, 6.07) is 10.2. The number of rotatable bonds is 3. The molecule has 0 saturated heterocycles. The van der Waals surface area contributed by atoms with Gasteiger partial charge in [-0.3, -0.25) is 0 Å². The zero-order valence-corrected chi connectivity index (χ0v) is 12.1. The van der Waals surface area contributed by atoms with Crippen molar-refractivity contribution in [1.82, 2.24) is 4.98 Å². The summed E-state index contributed by atoms with van der Waals surface area (Å²) >= 11 is 3.36. The van der Waals surface area contributed by atoms with Crippen LogP contribution in [0.25, 0.3) is 0 Å². The lowest BCUT2D eigenvalue weighted by molar-refractivity contribution is 0.892. The summed E-state index contributed by atoms with van der Waals surface area (Å²) in [5.41, 5.74) is 9.22. The standard InChI is InChI=1S/C14H16BrN3/c1-10-5-3-4-6-11(10)9-18(2)14-13(16)7-12(15)8-17-14/h3-8H,9,16H2,1-2H3. The number of pyridine rings is 1. The van der Waals surface area contributed by atoms with Gasteiger partial charge in [0.05, 0.1) is 5.69 Å². The Kier molecular flexibility index (Phi) is 3.87. The molecule has 0 amide bonds. The number of hydrogen-bond acceptors (Lipinski definition) is 3. The van der Waals surface area contributed by atoms with E-state index in [1.807, 2.05) is 19.2 Å². The van der Waals surface area contributed by atoms with Gasteiger partial charge in [-0.05, 0) is 40.0 Å². The second-order valence-corrected chi connectivity index (χ2v) is 5.26. The Morgan fingerprint density at radius 2 is 2.06 bits per heavy atom. The first-order valence-electron chi connectivity index (χ1n) is 5.74. The second-order valence-electron chi connectivity index (χ2n) is 4.35. The summed E-state index contributed by atoms with van der Waals surface area (Å²) in [5.74, 6) is 0.807. The first-order valence-corrected chi connectivity index (χ1v) is 6.54. The fourth-order valence-corrected chi connectivity index (χ4v) is 2.23. The maximum atomic E-state index is 5.98. The molecule has 0 unspecified atom stereocenters. The quantitative estimate of drug-likeness (QED) is 0.945. The second kappa shape index (κ2) is 5.40. The van der Waals surface area contributed by atoms with Crippen LogP contribution in [-0.4, -0.2) is 12.0 Å². The highest BCUT2D eigenvalue weighted by atomic mass is 79.9. The van der Waals surface area contributed by atoms with E-state index in [0.29, 0.717) is 5.69 Å². The number of nitrogen functional groups attached to an aromatic ring is 1. The highest BCUT2D eigenvalue weighted by molar-refractivity contribution is 9.10. The molecule has 0 bridgehead atoms. The Hall–Kier alpha value is -1.55. The van der Waals surface area contributed by atoms with E-state index < -0.39 is 0 Å². The summed E-state index contributed by atoms with van der Waals surface area (Å²) in [4.78, 5) is 6.42. The van der Waals surface area contributed by atoms with Crippen molar-refractivity contribution in [2.45, 2.75) is 13.5 Å². The first-order chi connectivity index (χ1) is 8.58. The van der Waals surface area contributed by atoms with E-state index in [0.717, 1.165) is 16.8 Å². The fraction of sp³-hybridized carbons (Fsp3) is 0.214. The van der Waals surface area contributed by atoms with Gasteiger partial charge in [-0.2, -0.15) is 0 Å². The number of benzene rings is 1. The van der Waals surface area contributed by atoms with Gasteiger partial charge in [0, 0.05) is 24.3 Å². The Labute approximate surface area is 116 Å². The van der Waals surface area contributed by atoms with E-state index >= 15 is 0 Å². The van der Waals surface area contributed by atoms with Gasteiger partial charge in [0.2, 0.25) is 0 Å². The summed E-state index contributed by atoms with van der Waals surface area (Å²) in [6.07, 6.45) is 1.76. The number of hydrogen-bond donors (Lipinski definition) is 1. The highest BCUT2D eigenvalue weighted by Gasteiger charge is 2.09. The number of halogens is 1. The van der Waals surface area contributed by atoms with Crippen LogP contribution in [0.3, 0.4) is 0 Å². The smallest absolute Gasteiger partial charge is 0.151 e. The van der Waals surface area contributed by atoms with Crippen LogP contribution in [-0.2, 0) is 6.54 Å². The Bertz CT molecular complexity index is 554. The molecule has 3 nitrogen and oxygen atoms in total. The highest BCUT2D eigenvalue weighted by Crippen LogP contribution is 2.24. The third-order valence-electron chi connectivity index (χ3n) is 2.89. The molecule has 0 saturated carbocycles. The van der Waals surface area contributed by atoms with Gasteiger partial charge in [-0.15, -0.1) is 0 Å². The van der Waals surface area contributed by atoms with E-state index in [-0.39, 0.29) is 0 Å². The molecule has 0 spiro atoms. The summed E-state index contributed by atoms with van der Waals surface area (Å²) < 4.78 is 0.896. The van der Waals surface area contributed by atoms with E-state index in [1.54, 1.807) is 6.20 Å². The molecule has 0 atom stereocenters. The Balaban J connectivity index is 2.22. The van der Waals surface area contributed by atoms with Crippen molar-refractivity contribution in [3.63, 3.8) is 0 Å². The molecule has 1 aromatic carbocycles. The van der Waals surface area contributed by atoms with Gasteiger partial charge in [-0.1, -0.05) is 24.3 Å². The number of nitrogens with two attached hydrogens (primary N) is 1. The number of anilines is 2. The van der Waals surface area contributed by atoms with Crippen molar-refractivity contribution in [2.24, 2.45) is 0 Å². The lowest BCUT2D eigenvalue weighted by Gasteiger charge is -2.21. The molecule has 18 heavy (non-hydrogen) atoms. The van der Waals surface area contributed by atoms with Crippen LogP contribution in [0.4, 0.5) is 11.5 Å². The SMILES string of the molecule is Cc1ccccc1CN(C)c1ncc(Br)cc1N. The molecule has 0 radical (unpaired) electrons. The molecular formula is C14H16BrN3. The van der Waals surface area contributed by atoms with Crippen molar-refractivity contribution in [3.8, 4) is 0 Å². The topological polar surface area (TPSA) is 42.2 Å². The Morgan fingerprint density at radius 3 is 2.72 bits per heavy atom. The molecule has 1 heterocycles. The van der Waals surface area contributed by atoms with Gasteiger partial charge >= 0.3 is 0 Å². The lowest BCUT2D eigenvalue weighted by atomic mass is 10.1. The minimum Gasteiger partial charge on any atom is -0.396 e. The predicted molar refractivity (Wildman–Crippen MR) is 79.6 cm³/mol. The van der Waals surface area contributed by atoms with Crippen LogP contribution in [0.1, 0.15) is 11.1 Å². The molecule has 1 aromatic heterocycles. The van der Waals surface area contributed by atoms with Crippen LogP contribution in [0.5, 0.6) is 0 Å². The van der Waals surface area contributed by atoms with Gasteiger partial charge in [0.25, 0.3) is 0 Å². The van der Waals surface area contributed by atoms with Gasteiger partial charge in [0.1, 0.15) is 0 Å². The zero-order valence-electron chi connectivity index (χ0n) is 10.5. The van der Waals surface area contributed by atoms with Gasteiger partial charge in [-0.25, -0.2) is 4.98 Å². The number of nitrogens with zero attached hydrogens (tertiary/aromatic N) is 2. The first kappa shape index (κ1) is 12.9. The summed E-state index contributed by atoms with van der Waals surface area (Å²) in [6.45, 7) is 2.91. The largest absolute Gasteiger partial charge is 0.396 e. The molecule has 2 aromatic rings. The van der Waals surface area contributed by atoms with E-state index in [2.05, 4.69) is 50.9 Å². The molecule has 0 aliphatic heterocycles. The van der Waals surface area contributed by atoms with E-state index in [4.69, 9.17) is 5.73 Å². The lowest BCUT2D eigenvalue weighted by Crippen LogP contribution is -2.19.